The number of allylic oxidation sites excluding steroid dienone is 1. The number of rotatable bonds is 2. The van der Waals surface area contributed by atoms with Crippen molar-refractivity contribution in [2.24, 2.45) is 0 Å². The maximum absolute atomic E-state index is 12.7. The van der Waals surface area contributed by atoms with Crippen molar-refractivity contribution in [3.05, 3.63) is 12.2 Å². The van der Waals surface area contributed by atoms with Crippen LogP contribution < -0.4 is 0 Å². The molecule has 0 atom stereocenters. The lowest BCUT2D eigenvalue weighted by atomic mass is 10.0. The highest BCUT2D eigenvalue weighted by Gasteiger charge is 2.17. The number of alkyl halides is 1. The maximum atomic E-state index is 12.7. The Hall–Kier alpha value is -0.330. The van der Waals surface area contributed by atoms with Crippen molar-refractivity contribution >= 4 is 0 Å². The van der Waals surface area contributed by atoms with E-state index in [4.69, 9.17) is 0 Å². The van der Waals surface area contributed by atoms with Crippen molar-refractivity contribution in [2.75, 3.05) is 0 Å². The molecule has 0 spiro atoms. The van der Waals surface area contributed by atoms with Crippen molar-refractivity contribution in [1.29, 1.82) is 0 Å². The van der Waals surface area contributed by atoms with Crippen LogP contribution in [0.25, 0.3) is 0 Å². The minimum absolute atomic E-state index is 0.664. The van der Waals surface area contributed by atoms with E-state index in [0.717, 1.165) is 6.42 Å². The van der Waals surface area contributed by atoms with E-state index in [9.17, 15) is 4.39 Å². The van der Waals surface area contributed by atoms with Gasteiger partial charge in [0.05, 0.1) is 0 Å². The molecular formula is C7H13F. The summed E-state index contributed by atoms with van der Waals surface area (Å²) >= 11 is 0. The van der Waals surface area contributed by atoms with E-state index in [1.165, 1.54) is 13.8 Å². The molecule has 0 bridgehead atoms. The zero-order chi connectivity index (χ0) is 6.78. The summed E-state index contributed by atoms with van der Waals surface area (Å²) in [4.78, 5) is 0. The molecule has 0 nitrogen and oxygen atoms in total. The molecule has 48 valence electrons. The summed E-state index contributed by atoms with van der Waals surface area (Å²) in [7, 11) is 0. The van der Waals surface area contributed by atoms with Gasteiger partial charge in [0, 0.05) is 0 Å². The molecular weight excluding hydrogens is 103 g/mol. The summed E-state index contributed by atoms with van der Waals surface area (Å²) in [5.41, 5.74) is -0.521. The summed E-state index contributed by atoms with van der Waals surface area (Å²) < 4.78 is 12.7. The largest absolute Gasteiger partial charge is 0.240 e. The van der Waals surface area contributed by atoms with E-state index in [1.54, 1.807) is 0 Å². The first-order valence-corrected chi connectivity index (χ1v) is 2.85. The Morgan fingerprint density at radius 3 is 2.00 bits per heavy atom. The lowest BCUT2D eigenvalue weighted by Gasteiger charge is -2.14. The first-order valence-electron chi connectivity index (χ1n) is 2.85. The monoisotopic (exact) mass is 116 g/mol. The molecule has 0 N–H and O–H groups in total. The van der Waals surface area contributed by atoms with Crippen LogP contribution in [0.5, 0.6) is 0 Å². The Morgan fingerprint density at radius 2 is 2.00 bits per heavy atom. The molecule has 0 unspecified atom stereocenters. The molecule has 8 heavy (non-hydrogen) atoms. The van der Waals surface area contributed by atoms with Gasteiger partial charge in [-0.2, -0.15) is 0 Å². The van der Waals surface area contributed by atoms with Gasteiger partial charge >= 0.3 is 0 Å². The molecule has 0 aromatic heterocycles. The maximum Gasteiger partial charge on any atom is 0.126 e. The van der Waals surface area contributed by atoms with Gasteiger partial charge in [-0.05, 0) is 25.8 Å². The lowest BCUT2D eigenvalue weighted by molar-refractivity contribution is 0.264. The molecule has 0 aliphatic heterocycles. The highest BCUT2D eigenvalue weighted by atomic mass is 19.1. The van der Waals surface area contributed by atoms with Crippen LogP contribution in [-0.2, 0) is 0 Å². The van der Waals surface area contributed by atoms with Crippen LogP contribution in [0, 0.1) is 0 Å². The first kappa shape index (κ1) is 7.67. The van der Waals surface area contributed by atoms with Crippen molar-refractivity contribution in [3.8, 4) is 0 Å². The van der Waals surface area contributed by atoms with Crippen LogP contribution in [0.4, 0.5) is 4.39 Å². The van der Waals surface area contributed by atoms with Crippen molar-refractivity contribution in [1.82, 2.24) is 0 Å². The summed E-state index contributed by atoms with van der Waals surface area (Å²) in [6.45, 7) is 8.53. The van der Waals surface area contributed by atoms with E-state index in [2.05, 4.69) is 6.58 Å². The normalized spacial score (nSPS) is 11.5. The zero-order valence-corrected chi connectivity index (χ0v) is 5.79. The summed E-state index contributed by atoms with van der Waals surface area (Å²) in [6, 6.07) is 0. The second kappa shape index (κ2) is 2.29. The van der Waals surface area contributed by atoms with Gasteiger partial charge in [-0.15, -0.1) is 0 Å². The predicted octanol–water partition coefficient (Wildman–Crippen LogP) is 2.70. The van der Waals surface area contributed by atoms with E-state index in [-0.39, 0.29) is 0 Å². The van der Waals surface area contributed by atoms with Gasteiger partial charge < -0.3 is 0 Å². The third-order valence-electron chi connectivity index (χ3n) is 1.27. The lowest BCUT2D eigenvalue weighted by Crippen LogP contribution is -2.13. The van der Waals surface area contributed by atoms with Gasteiger partial charge in [-0.3, -0.25) is 0 Å². The van der Waals surface area contributed by atoms with Gasteiger partial charge in [-0.25, -0.2) is 4.39 Å². The molecule has 1 heteroatoms. The third-order valence-corrected chi connectivity index (χ3v) is 1.27. The topological polar surface area (TPSA) is 0 Å². The van der Waals surface area contributed by atoms with Gasteiger partial charge in [-0.1, -0.05) is 13.5 Å². The molecule has 0 radical (unpaired) electrons. The van der Waals surface area contributed by atoms with E-state index < -0.39 is 5.67 Å². The number of halogens is 1. The average molecular weight is 116 g/mol. The Balaban J connectivity index is 3.82. The summed E-state index contributed by atoms with van der Waals surface area (Å²) in [5.74, 6) is 0. The van der Waals surface area contributed by atoms with Crippen LogP contribution in [0.15, 0.2) is 12.2 Å². The zero-order valence-electron chi connectivity index (χ0n) is 5.79. The molecule has 0 aliphatic carbocycles. The van der Waals surface area contributed by atoms with Crippen LogP contribution >= 0.6 is 0 Å². The predicted molar refractivity (Wildman–Crippen MR) is 34.6 cm³/mol. The average Bonchev–Trinajstić information content (AvgIpc) is 1.62. The highest BCUT2D eigenvalue weighted by Crippen LogP contribution is 2.20. The fourth-order valence-electron chi connectivity index (χ4n) is 0.420. The standard InChI is InChI=1S/C7H13F/c1-5-6(2)7(3,4)8/h2,5H2,1,3-4H3. The van der Waals surface area contributed by atoms with Crippen LogP contribution in [-0.4, -0.2) is 5.67 Å². The quantitative estimate of drug-likeness (QED) is 0.486. The molecule has 0 aliphatic rings. The minimum atomic E-state index is -1.19. The number of hydrogen-bond acceptors (Lipinski definition) is 0. The van der Waals surface area contributed by atoms with E-state index in [1.807, 2.05) is 6.92 Å². The summed E-state index contributed by atoms with van der Waals surface area (Å²) in [6.07, 6.45) is 0.726. The van der Waals surface area contributed by atoms with Gasteiger partial charge in [0.15, 0.2) is 0 Å². The Labute approximate surface area is 50.4 Å². The number of hydrogen-bond donors (Lipinski definition) is 0. The Bertz CT molecular complexity index is 87.1. The molecule has 0 aromatic carbocycles. The van der Waals surface area contributed by atoms with E-state index in [0.29, 0.717) is 5.57 Å². The molecule has 0 amide bonds. The Morgan fingerprint density at radius 1 is 1.62 bits per heavy atom. The van der Waals surface area contributed by atoms with Crippen molar-refractivity contribution in [3.63, 3.8) is 0 Å². The summed E-state index contributed by atoms with van der Waals surface area (Å²) in [5, 5.41) is 0. The second-order valence-corrected chi connectivity index (χ2v) is 2.43. The third kappa shape index (κ3) is 2.10. The van der Waals surface area contributed by atoms with Gasteiger partial charge in [0.25, 0.3) is 0 Å². The van der Waals surface area contributed by atoms with Gasteiger partial charge in [0.2, 0.25) is 0 Å². The van der Waals surface area contributed by atoms with E-state index >= 15 is 0 Å². The van der Waals surface area contributed by atoms with Crippen molar-refractivity contribution in [2.45, 2.75) is 32.9 Å². The van der Waals surface area contributed by atoms with Crippen LogP contribution in [0.2, 0.25) is 0 Å². The van der Waals surface area contributed by atoms with Gasteiger partial charge in [0.1, 0.15) is 5.67 Å². The SMILES string of the molecule is C=C(CC)C(C)(C)F. The molecule has 0 rings (SSSR count). The fraction of sp³-hybridized carbons (Fsp3) is 0.714. The second-order valence-electron chi connectivity index (χ2n) is 2.43. The Kier molecular flexibility index (Phi) is 2.20. The molecule has 0 saturated heterocycles. The van der Waals surface area contributed by atoms with Crippen LogP contribution in [0.3, 0.4) is 0 Å². The molecule has 0 saturated carbocycles. The van der Waals surface area contributed by atoms with Crippen molar-refractivity contribution < 1.29 is 4.39 Å². The fourth-order valence-corrected chi connectivity index (χ4v) is 0.420. The smallest absolute Gasteiger partial charge is 0.126 e. The molecule has 0 aromatic rings. The molecule has 0 heterocycles. The molecule has 0 fully saturated rings. The minimum Gasteiger partial charge on any atom is -0.240 e. The van der Waals surface area contributed by atoms with Crippen LogP contribution in [0.1, 0.15) is 27.2 Å². The first-order chi connectivity index (χ1) is 3.48. The highest BCUT2D eigenvalue weighted by molar-refractivity contribution is 5.07.